The van der Waals surface area contributed by atoms with E-state index in [-0.39, 0.29) is 5.91 Å². The van der Waals surface area contributed by atoms with Gasteiger partial charge < -0.3 is 20.4 Å². The summed E-state index contributed by atoms with van der Waals surface area (Å²) in [5.41, 5.74) is 8.98. The molecule has 160 valence electrons. The number of nitrogen functional groups attached to an aromatic ring is 1. The lowest BCUT2D eigenvalue weighted by Crippen LogP contribution is -2.49. The largest absolute Gasteiger partial charge is 0.396 e. The van der Waals surface area contributed by atoms with E-state index in [9.17, 15) is 4.79 Å². The van der Waals surface area contributed by atoms with Gasteiger partial charge in [0.05, 0.1) is 18.2 Å². The molecule has 0 saturated carbocycles. The van der Waals surface area contributed by atoms with Crippen molar-refractivity contribution in [3.8, 4) is 0 Å². The zero-order valence-corrected chi connectivity index (χ0v) is 17.9. The molecule has 1 aliphatic rings. The fourth-order valence-corrected chi connectivity index (χ4v) is 3.41. The minimum Gasteiger partial charge on any atom is -0.396 e. The number of aromatic nitrogens is 2. The number of carbonyl (C=O) groups is 1. The van der Waals surface area contributed by atoms with Crippen LogP contribution >= 0.6 is 0 Å². The first-order valence-electron chi connectivity index (χ1n) is 10.4. The van der Waals surface area contributed by atoms with Crippen molar-refractivity contribution < 1.29 is 9.63 Å². The van der Waals surface area contributed by atoms with Crippen LogP contribution in [-0.4, -0.2) is 59.8 Å². The molecule has 2 N–H and O–H groups in total. The van der Waals surface area contributed by atoms with Crippen LogP contribution in [0.1, 0.15) is 43.4 Å². The summed E-state index contributed by atoms with van der Waals surface area (Å²) in [6.45, 7) is 9.27. The maximum absolute atomic E-state index is 12.7. The number of carbonyl (C=O) groups excluding carboxylic acids is 1. The second kappa shape index (κ2) is 10.0. The van der Waals surface area contributed by atoms with Gasteiger partial charge in [-0.1, -0.05) is 43.3 Å². The number of amides is 1. The van der Waals surface area contributed by atoms with Gasteiger partial charge in [-0.15, -0.1) is 0 Å². The molecule has 0 bridgehead atoms. The number of anilines is 2. The lowest BCUT2D eigenvalue weighted by atomic mass is 10.0. The number of rotatable bonds is 7. The molecule has 2 heterocycles. The first-order valence-corrected chi connectivity index (χ1v) is 10.4. The molecule has 1 amide bonds. The molecule has 0 unspecified atom stereocenters. The number of hydrogen-bond acceptors (Lipinski definition) is 7. The maximum Gasteiger partial charge on any atom is 0.227 e. The molecule has 8 heteroatoms. The second-order valence-electron chi connectivity index (χ2n) is 7.59. The number of piperazine rings is 1. The highest BCUT2D eigenvalue weighted by Crippen LogP contribution is 2.22. The van der Waals surface area contributed by atoms with Gasteiger partial charge in [0.25, 0.3) is 0 Å². The van der Waals surface area contributed by atoms with Crippen molar-refractivity contribution in [1.29, 1.82) is 0 Å². The van der Waals surface area contributed by atoms with Gasteiger partial charge in [0.2, 0.25) is 5.91 Å². The molecule has 3 rings (SSSR count). The minimum absolute atomic E-state index is 0.146. The third-order valence-electron chi connectivity index (χ3n) is 5.21. The fraction of sp³-hybridized carbons (Fsp3) is 0.455. The molecule has 1 aromatic carbocycles. The Morgan fingerprint density at radius 3 is 2.53 bits per heavy atom. The van der Waals surface area contributed by atoms with Crippen molar-refractivity contribution in [2.75, 3.05) is 43.4 Å². The Morgan fingerprint density at radius 2 is 1.90 bits per heavy atom. The van der Waals surface area contributed by atoms with E-state index in [1.807, 2.05) is 11.8 Å². The first kappa shape index (κ1) is 21.5. The monoisotopic (exact) mass is 410 g/mol. The smallest absolute Gasteiger partial charge is 0.227 e. The van der Waals surface area contributed by atoms with Crippen molar-refractivity contribution in [2.45, 2.75) is 33.1 Å². The van der Waals surface area contributed by atoms with Crippen LogP contribution in [0.15, 0.2) is 35.7 Å². The molecule has 0 aliphatic carbocycles. The third kappa shape index (κ3) is 5.25. The molecule has 0 spiro atoms. The number of benzene rings is 1. The Balaban J connectivity index is 1.61. The van der Waals surface area contributed by atoms with Gasteiger partial charge in [-0.05, 0) is 24.0 Å². The van der Waals surface area contributed by atoms with Gasteiger partial charge in [0, 0.05) is 26.2 Å². The van der Waals surface area contributed by atoms with Crippen LogP contribution in [0.25, 0.3) is 0 Å². The Bertz CT molecular complexity index is 874. The normalized spacial score (nSPS) is 14.5. The topological polar surface area (TPSA) is 96.9 Å². The number of hydrogen-bond donors (Lipinski definition) is 1. The molecule has 1 fully saturated rings. The van der Waals surface area contributed by atoms with Gasteiger partial charge in [-0.3, -0.25) is 4.79 Å². The quantitative estimate of drug-likeness (QED) is 0.556. The van der Waals surface area contributed by atoms with Gasteiger partial charge in [-0.25, -0.2) is 9.97 Å². The van der Waals surface area contributed by atoms with Crippen LogP contribution < -0.4 is 10.6 Å². The summed E-state index contributed by atoms with van der Waals surface area (Å²) < 4.78 is 0. The molecule has 1 aliphatic heterocycles. The summed E-state index contributed by atoms with van der Waals surface area (Å²) in [5.74, 6) is 1.70. The Hall–Kier alpha value is -3.16. The number of nitrogens with zero attached hydrogens (tertiary/aromatic N) is 5. The molecule has 30 heavy (non-hydrogen) atoms. The number of oxime groups is 1. The lowest BCUT2D eigenvalue weighted by molar-refractivity contribution is -0.130. The van der Waals surface area contributed by atoms with Gasteiger partial charge in [0.1, 0.15) is 24.6 Å². The Kier molecular flexibility index (Phi) is 7.21. The average Bonchev–Trinajstić information content (AvgIpc) is 2.75. The maximum atomic E-state index is 12.7. The zero-order chi connectivity index (χ0) is 21.5. The summed E-state index contributed by atoms with van der Waals surface area (Å²) in [6.07, 6.45) is 3.42. The van der Waals surface area contributed by atoms with Crippen molar-refractivity contribution in [3.63, 3.8) is 0 Å². The van der Waals surface area contributed by atoms with Gasteiger partial charge in [-0.2, -0.15) is 0 Å². The van der Waals surface area contributed by atoms with E-state index >= 15 is 0 Å². The van der Waals surface area contributed by atoms with Crippen LogP contribution in [0.3, 0.4) is 0 Å². The second-order valence-corrected chi connectivity index (χ2v) is 7.59. The van der Waals surface area contributed by atoms with Crippen molar-refractivity contribution in [3.05, 3.63) is 47.3 Å². The average molecular weight is 411 g/mol. The van der Waals surface area contributed by atoms with Crippen LogP contribution in [0.5, 0.6) is 0 Å². The van der Waals surface area contributed by atoms with Crippen LogP contribution in [0, 0.1) is 0 Å². The van der Waals surface area contributed by atoms with Crippen LogP contribution in [0.4, 0.5) is 11.6 Å². The summed E-state index contributed by atoms with van der Waals surface area (Å²) in [7, 11) is 0. The van der Waals surface area contributed by atoms with Crippen LogP contribution in [0.2, 0.25) is 0 Å². The summed E-state index contributed by atoms with van der Waals surface area (Å²) in [5, 5.41) is 3.91. The van der Waals surface area contributed by atoms with Gasteiger partial charge >= 0.3 is 0 Å². The van der Waals surface area contributed by atoms with Crippen LogP contribution in [-0.2, 0) is 16.1 Å². The highest BCUT2D eigenvalue weighted by Gasteiger charge is 2.24. The van der Waals surface area contributed by atoms with E-state index in [1.54, 1.807) is 6.21 Å². The SMILES string of the molecule is CCO/N=C\c1c(N)ncnc1N1CCN(C(=O)Cc2ccc(C(C)C)cc2)CC1. The summed E-state index contributed by atoms with van der Waals surface area (Å²) >= 11 is 0. The molecular weight excluding hydrogens is 380 g/mol. The lowest BCUT2D eigenvalue weighted by Gasteiger charge is -2.36. The Morgan fingerprint density at radius 1 is 1.20 bits per heavy atom. The molecular formula is C22H30N6O2. The molecule has 1 aromatic heterocycles. The van der Waals surface area contributed by atoms with E-state index < -0.39 is 0 Å². The standard InChI is InChI=1S/C22H30N6O2/c1-4-30-26-14-19-21(23)24-15-25-22(19)28-11-9-27(10-12-28)20(29)13-17-5-7-18(8-6-17)16(2)3/h5-8,14-16H,4,9-13H2,1-3H3,(H2,23,24,25)/b26-14-. The fourth-order valence-electron chi connectivity index (χ4n) is 3.41. The molecule has 0 atom stereocenters. The van der Waals surface area contributed by atoms with E-state index in [0.717, 1.165) is 5.56 Å². The predicted molar refractivity (Wildman–Crippen MR) is 119 cm³/mol. The third-order valence-corrected chi connectivity index (χ3v) is 5.21. The highest BCUT2D eigenvalue weighted by molar-refractivity contribution is 5.91. The van der Waals surface area contributed by atoms with Gasteiger partial charge in [0.15, 0.2) is 0 Å². The molecule has 2 aromatic rings. The Labute approximate surface area is 177 Å². The number of nitrogens with two attached hydrogens (primary N) is 1. The molecule has 1 saturated heterocycles. The van der Waals surface area contributed by atoms with E-state index in [0.29, 0.717) is 62.3 Å². The van der Waals surface area contributed by atoms with E-state index in [2.05, 4.69) is 58.1 Å². The summed E-state index contributed by atoms with van der Waals surface area (Å²) in [6, 6.07) is 8.32. The van der Waals surface area contributed by atoms with Crippen molar-refractivity contribution in [2.24, 2.45) is 5.16 Å². The zero-order valence-electron chi connectivity index (χ0n) is 17.9. The van der Waals surface area contributed by atoms with Crippen molar-refractivity contribution >= 4 is 23.8 Å². The van der Waals surface area contributed by atoms with E-state index in [4.69, 9.17) is 10.6 Å². The first-order chi connectivity index (χ1) is 14.5. The van der Waals surface area contributed by atoms with Crippen molar-refractivity contribution in [1.82, 2.24) is 14.9 Å². The molecule has 0 radical (unpaired) electrons. The predicted octanol–water partition coefficient (Wildman–Crippen LogP) is 2.44. The summed E-state index contributed by atoms with van der Waals surface area (Å²) in [4.78, 5) is 30.2. The minimum atomic E-state index is 0.146. The van der Waals surface area contributed by atoms with E-state index in [1.165, 1.54) is 11.9 Å². The molecule has 8 nitrogen and oxygen atoms in total. The highest BCUT2D eigenvalue weighted by atomic mass is 16.6.